The maximum atomic E-state index is 12.7. The standard InChI is InChI=1S/C19H26N4O3.ClH/c20-17(24)14-2-1-7-21-18(14)23-10-15(12-3-4-12)16(11-23)22-19(25)13-5-8-26-9-6-13;/h1-2,7,12-13,15-16H,3-6,8-11H2,(H2,20,24)(H,22,25);1H/t15-,16+;/m1./s1. The number of carbonyl (C=O) groups is 2. The van der Waals surface area contributed by atoms with E-state index in [1.807, 2.05) is 0 Å². The quantitative estimate of drug-likeness (QED) is 0.785. The van der Waals surface area contributed by atoms with Gasteiger partial charge in [0.1, 0.15) is 5.82 Å². The van der Waals surface area contributed by atoms with Gasteiger partial charge < -0.3 is 20.7 Å². The van der Waals surface area contributed by atoms with Crippen LogP contribution in [-0.2, 0) is 9.53 Å². The molecule has 1 aromatic heterocycles. The van der Waals surface area contributed by atoms with Crippen LogP contribution in [0.4, 0.5) is 5.82 Å². The zero-order valence-electron chi connectivity index (χ0n) is 15.3. The number of nitrogens with two attached hydrogens (primary N) is 1. The number of aromatic nitrogens is 1. The molecule has 148 valence electrons. The smallest absolute Gasteiger partial charge is 0.252 e. The van der Waals surface area contributed by atoms with E-state index < -0.39 is 5.91 Å². The van der Waals surface area contributed by atoms with Crippen molar-refractivity contribution in [2.24, 2.45) is 23.5 Å². The highest BCUT2D eigenvalue weighted by atomic mass is 35.5. The minimum absolute atomic E-state index is 0. The SMILES string of the molecule is Cl.NC(=O)c1cccnc1N1C[C@H](NC(=O)C2CCOCC2)[C@@H](C2CC2)C1. The fourth-order valence-corrected chi connectivity index (χ4v) is 4.26. The van der Waals surface area contributed by atoms with Crippen molar-refractivity contribution in [3.63, 3.8) is 0 Å². The Bertz CT molecular complexity index is 691. The lowest BCUT2D eigenvalue weighted by atomic mass is 9.95. The van der Waals surface area contributed by atoms with E-state index in [4.69, 9.17) is 10.5 Å². The van der Waals surface area contributed by atoms with Crippen LogP contribution in [0, 0.1) is 17.8 Å². The molecular formula is C19H27ClN4O3. The predicted molar refractivity (Wildman–Crippen MR) is 104 cm³/mol. The van der Waals surface area contributed by atoms with Crippen LogP contribution in [0.2, 0.25) is 0 Å². The van der Waals surface area contributed by atoms with Crippen LogP contribution >= 0.6 is 12.4 Å². The summed E-state index contributed by atoms with van der Waals surface area (Å²) in [6, 6.07) is 3.54. The Morgan fingerprint density at radius 1 is 1.19 bits per heavy atom. The third-order valence-electron chi connectivity index (χ3n) is 5.86. The van der Waals surface area contributed by atoms with E-state index in [0.29, 0.717) is 43.0 Å². The Hall–Kier alpha value is -1.86. The van der Waals surface area contributed by atoms with Gasteiger partial charge in [-0.25, -0.2) is 4.98 Å². The van der Waals surface area contributed by atoms with Gasteiger partial charge in [-0.05, 0) is 43.7 Å². The third kappa shape index (κ3) is 4.35. The highest BCUT2D eigenvalue weighted by Crippen LogP contribution is 2.42. The number of ether oxygens (including phenoxy) is 1. The molecule has 27 heavy (non-hydrogen) atoms. The predicted octanol–water partition coefficient (Wildman–Crippen LogP) is 1.36. The highest BCUT2D eigenvalue weighted by molar-refractivity contribution is 5.97. The first-order chi connectivity index (χ1) is 12.6. The lowest BCUT2D eigenvalue weighted by Crippen LogP contribution is -2.45. The van der Waals surface area contributed by atoms with E-state index in [9.17, 15) is 9.59 Å². The van der Waals surface area contributed by atoms with E-state index in [1.54, 1.807) is 18.3 Å². The van der Waals surface area contributed by atoms with Gasteiger partial charge in [0.05, 0.1) is 11.6 Å². The monoisotopic (exact) mass is 394 g/mol. The first-order valence-corrected chi connectivity index (χ1v) is 9.51. The van der Waals surface area contributed by atoms with Gasteiger partial charge >= 0.3 is 0 Å². The summed E-state index contributed by atoms with van der Waals surface area (Å²) in [5.74, 6) is 1.41. The van der Waals surface area contributed by atoms with Gasteiger partial charge in [0.25, 0.3) is 5.91 Å². The van der Waals surface area contributed by atoms with Crippen molar-refractivity contribution in [3.05, 3.63) is 23.9 Å². The van der Waals surface area contributed by atoms with Crippen LogP contribution < -0.4 is 16.0 Å². The summed E-state index contributed by atoms with van der Waals surface area (Å²) in [6.07, 6.45) is 5.70. The van der Waals surface area contributed by atoms with Gasteiger partial charge in [-0.1, -0.05) is 0 Å². The number of anilines is 1. The van der Waals surface area contributed by atoms with Gasteiger partial charge in [0.15, 0.2) is 0 Å². The molecule has 4 rings (SSSR count). The van der Waals surface area contributed by atoms with E-state index in [0.717, 1.165) is 19.4 Å². The second-order valence-corrected chi connectivity index (χ2v) is 7.65. The van der Waals surface area contributed by atoms with Crippen LogP contribution in [0.25, 0.3) is 0 Å². The first kappa shape index (κ1) is 19.9. The number of hydrogen-bond donors (Lipinski definition) is 2. The minimum Gasteiger partial charge on any atom is -0.381 e. The zero-order valence-corrected chi connectivity index (χ0v) is 16.1. The number of carbonyl (C=O) groups excluding carboxylic acids is 2. The molecule has 7 nitrogen and oxygen atoms in total. The molecule has 2 amide bonds. The van der Waals surface area contributed by atoms with Gasteiger partial charge in [-0.15, -0.1) is 12.4 Å². The second kappa shape index (κ2) is 8.44. The summed E-state index contributed by atoms with van der Waals surface area (Å²) in [7, 11) is 0. The fraction of sp³-hybridized carbons (Fsp3) is 0.632. The van der Waals surface area contributed by atoms with Crippen molar-refractivity contribution in [3.8, 4) is 0 Å². The molecule has 3 fully saturated rings. The molecular weight excluding hydrogens is 368 g/mol. The molecule has 0 unspecified atom stereocenters. The average molecular weight is 395 g/mol. The number of nitrogens with zero attached hydrogens (tertiary/aromatic N) is 2. The molecule has 2 aliphatic heterocycles. The average Bonchev–Trinajstić information content (AvgIpc) is 3.43. The normalized spacial score (nSPS) is 25.7. The van der Waals surface area contributed by atoms with Crippen molar-refractivity contribution in [1.29, 1.82) is 0 Å². The van der Waals surface area contributed by atoms with Crippen molar-refractivity contribution >= 4 is 30.0 Å². The van der Waals surface area contributed by atoms with Crippen LogP contribution in [0.1, 0.15) is 36.0 Å². The van der Waals surface area contributed by atoms with E-state index in [2.05, 4.69) is 15.2 Å². The van der Waals surface area contributed by atoms with Gasteiger partial charge in [-0.2, -0.15) is 0 Å². The Labute approximate surface area is 165 Å². The number of rotatable bonds is 5. The number of halogens is 1. The maximum absolute atomic E-state index is 12.7. The number of hydrogen-bond acceptors (Lipinski definition) is 5. The molecule has 1 aliphatic carbocycles. The Balaban J connectivity index is 0.00000210. The van der Waals surface area contributed by atoms with Crippen LogP contribution in [-0.4, -0.2) is 49.1 Å². The van der Waals surface area contributed by atoms with Crippen molar-refractivity contribution < 1.29 is 14.3 Å². The minimum atomic E-state index is -0.467. The number of primary amides is 1. The summed E-state index contributed by atoms with van der Waals surface area (Å²) in [6.45, 7) is 2.81. The van der Waals surface area contributed by atoms with Crippen molar-refractivity contribution in [1.82, 2.24) is 10.3 Å². The number of nitrogens with one attached hydrogen (secondary N) is 1. The molecule has 3 heterocycles. The molecule has 8 heteroatoms. The van der Waals surface area contributed by atoms with Crippen LogP contribution in [0.15, 0.2) is 18.3 Å². The Morgan fingerprint density at radius 3 is 2.59 bits per heavy atom. The van der Waals surface area contributed by atoms with Gasteiger partial charge in [0.2, 0.25) is 5.91 Å². The highest BCUT2D eigenvalue weighted by Gasteiger charge is 2.44. The summed E-state index contributed by atoms with van der Waals surface area (Å²) < 4.78 is 5.36. The van der Waals surface area contributed by atoms with Gasteiger partial charge in [-0.3, -0.25) is 9.59 Å². The molecule has 3 aliphatic rings. The molecule has 2 saturated heterocycles. The largest absolute Gasteiger partial charge is 0.381 e. The fourth-order valence-electron chi connectivity index (χ4n) is 4.26. The lowest BCUT2D eigenvalue weighted by molar-refractivity contribution is -0.128. The molecule has 0 aromatic carbocycles. The van der Waals surface area contributed by atoms with E-state index in [-0.39, 0.29) is 30.3 Å². The third-order valence-corrected chi connectivity index (χ3v) is 5.86. The molecule has 2 atom stereocenters. The molecule has 0 bridgehead atoms. The second-order valence-electron chi connectivity index (χ2n) is 7.65. The summed E-state index contributed by atoms with van der Waals surface area (Å²) in [5, 5.41) is 3.29. The van der Waals surface area contributed by atoms with E-state index in [1.165, 1.54) is 12.8 Å². The van der Waals surface area contributed by atoms with Crippen LogP contribution in [0.3, 0.4) is 0 Å². The van der Waals surface area contributed by atoms with Crippen molar-refractivity contribution in [2.45, 2.75) is 31.7 Å². The zero-order chi connectivity index (χ0) is 18.1. The summed E-state index contributed by atoms with van der Waals surface area (Å²) in [4.78, 5) is 30.9. The van der Waals surface area contributed by atoms with Crippen LogP contribution in [0.5, 0.6) is 0 Å². The van der Waals surface area contributed by atoms with Gasteiger partial charge in [0, 0.05) is 44.3 Å². The number of pyridine rings is 1. The summed E-state index contributed by atoms with van der Waals surface area (Å²) in [5.41, 5.74) is 5.96. The summed E-state index contributed by atoms with van der Waals surface area (Å²) >= 11 is 0. The molecule has 1 saturated carbocycles. The molecule has 0 spiro atoms. The molecule has 3 N–H and O–H groups in total. The molecule has 0 radical (unpaired) electrons. The first-order valence-electron chi connectivity index (χ1n) is 9.51. The Kier molecular flexibility index (Phi) is 6.22. The van der Waals surface area contributed by atoms with E-state index >= 15 is 0 Å². The topological polar surface area (TPSA) is 97.5 Å². The maximum Gasteiger partial charge on any atom is 0.252 e. The Morgan fingerprint density at radius 2 is 1.93 bits per heavy atom. The van der Waals surface area contributed by atoms with Crippen molar-refractivity contribution in [2.75, 3.05) is 31.2 Å². The lowest BCUT2D eigenvalue weighted by Gasteiger charge is -2.25. The molecule has 1 aromatic rings. The number of amides is 2.